The zero-order valence-electron chi connectivity index (χ0n) is 17.0. The largest absolute Gasteiger partial charge is 0.393 e. The molecule has 0 aliphatic heterocycles. The van der Waals surface area contributed by atoms with E-state index in [0.29, 0.717) is 36.4 Å². The third kappa shape index (κ3) is 2.86. The molecular formula is C23H36O4. The van der Waals surface area contributed by atoms with Gasteiger partial charge in [0, 0.05) is 12.3 Å². The summed E-state index contributed by atoms with van der Waals surface area (Å²) >= 11 is 0. The maximum absolute atomic E-state index is 12.3. The van der Waals surface area contributed by atoms with Crippen molar-refractivity contribution in [2.24, 2.45) is 40.4 Å². The molecule has 4 nitrogen and oxygen atoms in total. The van der Waals surface area contributed by atoms with Gasteiger partial charge in [-0.25, -0.2) is 0 Å². The first kappa shape index (κ1) is 19.6. The van der Waals surface area contributed by atoms with Crippen LogP contribution in [-0.2, 0) is 4.79 Å². The summed E-state index contributed by atoms with van der Waals surface area (Å²) in [6.07, 6.45) is 7.87. The Morgan fingerprint density at radius 1 is 1.22 bits per heavy atom. The van der Waals surface area contributed by atoms with E-state index in [9.17, 15) is 20.1 Å². The fraction of sp³-hybridized carbons (Fsp3) is 0.870. The van der Waals surface area contributed by atoms with Crippen LogP contribution in [-0.4, -0.2) is 33.5 Å². The van der Waals surface area contributed by atoms with Gasteiger partial charge in [-0.2, -0.15) is 0 Å². The summed E-state index contributed by atoms with van der Waals surface area (Å²) < 4.78 is 0. The molecule has 152 valence electrons. The molecule has 0 bridgehead atoms. The first-order valence-corrected chi connectivity index (χ1v) is 10.9. The monoisotopic (exact) mass is 376 g/mol. The number of ketones is 1. The van der Waals surface area contributed by atoms with Gasteiger partial charge in [0.2, 0.25) is 0 Å². The molecule has 3 fully saturated rings. The lowest BCUT2D eigenvalue weighted by atomic mass is 9.44. The second-order valence-corrected chi connectivity index (χ2v) is 10.4. The fourth-order valence-electron chi connectivity index (χ4n) is 8.14. The van der Waals surface area contributed by atoms with E-state index in [4.69, 9.17) is 0 Å². The maximum Gasteiger partial charge on any atom is 0.151 e. The van der Waals surface area contributed by atoms with Gasteiger partial charge >= 0.3 is 0 Å². The van der Waals surface area contributed by atoms with E-state index in [0.717, 1.165) is 38.5 Å². The molecule has 4 aliphatic rings. The molecule has 0 aromatic heterocycles. The third-order valence-corrected chi connectivity index (χ3v) is 9.38. The van der Waals surface area contributed by atoms with Crippen molar-refractivity contribution in [2.75, 3.05) is 0 Å². The number of aliphatic hydroxyl groups is 3. The number of hydrogen-bond acceptors (Lipinski definition) is 4. The van der Waals surface area contributed by atoms with Crippen LogP contribution in [0.5, 0.6) is 0 Å². The normalized spacial score (nSPS) is 49.2. The molecule has 0 heterocycles. The zero-order valence-corrected chi connectivity index (χ0v) is 17.0. The molecule has 2 unspecified atom stereocenters. The molecule has 0 aromatic carbocycles. The minimum atomic E-state index is -1.32. The quantitative estimate of drug-likeness (QED) is 0.521. The number of carbonyl (C=O) groups excluding carboxylic acids is 1. The second-order valence-electron chi connectivity index (χ2n) is 10.4. The molecule has 4 aliphatic carbocycles. The second kappa shape index (κ2) is 6.67. The number of hydrogen-bond donors (Lipinski definition) is 3. The van der Waals surface area contributed by atoms with E-state index in [-0.39, 0.29) is 28.8 Å². The Bertz CT molecular complexity index is 638. The van der Waals surface area contributed by atoms with Crippen LogP contribution in [0.2, 0.25) is 0 Å². The highest BCUT2D eigenvalue weighted by molar-refractivity contribution is 5.79. The number of allylic oxidation sites excluding steroid dienone is 1. The molecule has 4 rings (SSSR count). The lowest BCUT2D eigenvalue weighted by Gasteiger charge is -2.60. The average Bonchev–Trinajstić information content (AvgIpc) is 2.93. The number of aliphatic hydroxyl groups excluding tert-OH is 2. The number of Topliss-reactive ketones (excluding diaryl/α,β-unsaturated/α-hetero) is 1. The van der Waals surface area contributed by atoms with Crippen LogP contribution in [0.25, 0.3) is 0 Å². The fourth-order valence-corrected chi connectivity index (χ4v) is 8.14. The van der Waals surface area contributed by atoms with E-state index >= 15 is 0 Å². The van der Waals surface area contributed by atoms with Gasteiger partial charge < -0.3 is 15.3 Å². The van der Waals surface area contributed by atoms with Crippen LogP contribution in [0.15, 0.2) is 11.6 Å². The molecule has 27 heavy (non-hydrogen) atoms. The van der Waals surface area contributed by atoms with Crippen molar-refractivity contribution in [1.29, 1.82) is 0 Å². The molecule has 3 N–H and O–H groups in total. The molecule has 0 amide bonds. The number of carbonyl (C=O) groups is 1. The van der Waals surface area contributed by atoms with Crippen LogP contribution >= 0.6 is 0 Å². The molecular weight excluding hydrogens is 340 g/mol. The minimum absolute atomic E-state index is 0.0541. The van der Waals surface area contributed by atoms with E-state index in [1.807, 2.05) is 0 Å². The smallest absolute Gasteiger partial charge is 0.151 e. The summed E-state index contributed by atoms with van der Waals surface area (Å²) in [5.41, 5.74) is 1.42. The predicted octanol–water partition coefficient (Wildman–Crippen LogP) is 3.44. The Morgan fingerprint density at radius 2 is 1.96 bits per heavy atom. The molecule has 3 saturated carbocycles. The summed E-state index contributed by atoms with van der Waals surface area (Å²) in [5.74, 6) is 2.37. The van der Waals surface area contributed by atoms with E-state index in [1.165, 1.54) is 5.57 Å². The van der Waals surface area contributed by atoms with Gasteiger partial charge in [-0.15, -0.1) is 0 Å². The molecule has 0 aromatic rings. The Hall–Kier alpha value is -0.710. The van der Waals surface area contributed by atoms with Gasteiger partial charge in [0.1, 0.15) is 5.78 Å². The van der Waals surface area contributed by atoms with Crippen LogP contribution in [0.3, 0.4) is 0 Å². The highest BCUT2D eigenvalue weighted by Crippen LogP contribution is 2.67. The van der Waals surface area contributed by atoms with Crippen LogP contribution < -0.4 is 0 Å². The third-order valence-electron chi connectivity index (χ3n) is 9.38. The van der Waals surface area contributed by atoms with Crippen molar-refractivity contribution in [3.8, 4) is 0 Å². The summed E-state index contributed by atoms with van der Waals surface area (Å²) in [6, 6.07) is 0. The maximum atomic E-state index is 12.3. The van der Waals surface area contributed by atoms with Gasteiger partial charge in [-0.1, -0.05) is 25.5 Å². The van der Waals surface area contributed by atoms with E-state index in [2.05, 4.69) is 19.9 Å². The van der Waals surface area contributed by atoms with Crippen molar-refractivity contribution in [1.82, 2.24) is 0 Å². The average molecular weight is 377 g/mol. The first-order chi connectivity index (χ1) is 12.7. The predicted molar refractivity (Wildman–Crippen MR) is 104 cm³/mol. The van der Waals surface area contributed by atoms with Gasteiger partial charge in [0.25, 0.3) is 0 Å². The highest BCUT2D eigenvalue weighted by atomic mass is 16.5. The van der Waals surface area contributed by atoms with Crippen molar-refractivity contribution in [3.05, 3.63) is 11.6 Å². The topological polar surface area (TPSA) is 77.8 Å². The number of rotatable bonds is 3. The van der Waals surface area contributed by atoms with Gasteiger partial charge in [0.05, 0.1) is 6.10 Å². The van der Waals surface area contributed by atoms with Crippen molar-refractivity contribution >= 4 is 5.78 Å². The first-order valence-electron chi connectivity index (χ1n) is 10.9. The van der Waals surface area contributed by atoms with Crippen molar-refractivity contribution in [3.63, 3.8) is 0 Å². The van der Waals surface area contributed by atoms with E-state index in [1.54, 1.807) is 6.92 Å². The summed E-state index contributed by atoms with van der Waals surface area (Å²) in [7, 11) is 0. The molecule has 4 heteroatoms. The van der Waals surface area contributed by atoms with Gasteiger partial charge in [-0.05, 0) is 86.4 Å². The molecule has 0 radical (unpaired) electrons. The minimum Gasteiger partial charge on any atom is -0.393 e. The summed E-state index contributed by atoms with van der Waals surface area (Å²) in [5, 5.41) is 29.8. The molecule has 8 atom stereocenters. The Kier molecular flexibility index (Phi) is 4.84. The summed E-state index contributed by atoms with van der Waals surface area (Å²) in [6.45, 7) is 6.45. The summed E-state index contributed by atoms with van der Waals surface area (Å²) in [4.78, 5) is 12.3. The van der Waals surface area contributed by atoms with Crippen molar-refractivity contribution in [2.45, 2.75) is 84.5 Å². The zero-order chi connectivity index (χ0) is 19.6. The lowest BCUT2D eigenvalue weighted by Crippen LogP contribution is -2.54. The number of fused-ring (bicyclic) bond motifs is 5. The standard InChI is InChI=1S/C23H36O4/c1-13(24)18-6-7-19-17-5-4-14-10-16(25)11-15(12-21(26)27)23(14,3)20(17)8-9-22(18,19)2/h4,15-21,25-27H,5-12H2,1-3H3/t15?,16?,17-,18+,19-,20-,22+,23+/m0/s1. The Morgan fingerprint density at radius 3 is 2.63 bits per heavy atom. The van der Waals surface area contributed by atoms with Crippen LogP contribution in [0.1, 0.15) is 72.1 Å². The van der Waals surface area contributed by atoms with Crippen molar-refractivity contribution < 1.29 is 20.1 Å². The van der Waals surface area contributed by atoms with Crippen LogP contribution in [0.4, 0.5) is 0 Å². The van der Waals surface area contributed by atoms with E-state index < -0.39 is 6.29 Å². The molecule has 0 spiro atoms. The van der Waals surface area contributed by atoms with Crippen LogP contribution in [0, 0.1) is 40.4 Å². The SMILES string of the molecule is CC(=O)[C@H]1CC[C@H]2[C@@H]3CC=C4CC(O)CC(CC(O)O)[C@]4(C)[C@H]3CC[C@]12C. The Balaban J connectivity index is 1.69. The van der Waals surface area contributed by atoms with Gasteiger partial charge in [0.15, 0.2) is 6.29 Å². The Labute approximate surface area is 163 Å². The lowest BCUT2D eigenvalue weighted by molar-refractivity contribution is -0.131. The molecule has 0 saturated heterocycles. The van der Waals surface area contributed by atoms with Gasteiger partial charge in [-0.3, -0.25) is 4.79 Å². The highest BCUT2D eigenvalue weighted by Gasteiger charge is 2.61.